The molecule has 1 aromatic carbocycles. The van der Waals surface area contributed by atoms with Crippen LogP contribution < -0.4 is 4.74 Å². The predicted molar refractivity (Wildman–Crippen MR) is 78.9 cm³/mol. The summed E-state index contributed by atoms with van der Waals surface area (Å²) in [6.45, 7) is 6.02. The first-order chi connectivity index (χ1) is 9.95. The van der Waals surface area contributed by atoms with Crippen molar-refractivity contribution >= 4 is 5.97 Å². The number of rotatable bonds is 4. The predicted octanol–water partition coefficient (Wildman–Crippen LogP) is 3.95. The molecule has 1 aromatic heterocycles. The topological polar surface area (TPSA) is 39.2 Å². The molecule has 0 atom stereocenters. The Morgan fingerprint density at radius 1 is 1.19 bits per heavy atom. The van der Waals surface area contributed by atoms with Gasteiger partial charge in [-0.3, -0.25) is 4.98 Å². The monoisotopic (exact) mass is 287 g/mol. The highest BCUT2D eigenvalue weighted by Gasteiger charge is 2.13. The van der Waals surface area contributed by atoms with Crippen LogP contribution in [0.2, 0.25) is 0 Å². The van der Waals surface area contributed by atoms with Gasteiger partial charge in [-0.15, -0.1) is 0 Å². The number of nitrogens with zero attached hydrogens (tertiary/aromatic N) is 1. The lowest BCUT2D eigenvalue weighted by Crippen LogP contribution is -2.12. The Bertz CT molecular complexity index is 636. The van der Waals surface area contributed by atoms with E-state index in [0.29, 0.717) is 22.9 Å². The van der Waals surface area contributed by atoms with Crippen molar-refractivity contribution in [2.75, 3.05) is 0 Å². The molecular formula is C17H18FNO2. The van der Waals surface area contributed by atoms with Crippen molar-refractivity contribution in [1.29, 1.82) is 0 Å². The Kier molecular flexibility index (Phi) is 4.68. The van der Waals surface area contributed by atoms with E-state index in [1.54, 1.807) is 13.0 Å². The summed E-state index contributed by atoms with van der Waals surface area (Å²) >= 11 is 0. The van der Waals surface area contributed by atoms with Gasteiger partial charge in [-0.1, -0.05) is 13.8 Å². The summed E-state index contributed by atoms with van der Waals surface area (Å²) in [7, 11) is 0. The van der Waals surface area contributed by atoms with Gasteiger partial charge in [-0.25, -0.2) is 9.18 Å². The van der Waals surface area contributed by atoms with Crippen LogP contribution in [0.5, 0.6) is 5.75 Å². The number of esters is 1. The quantitative estimate of drug-likeness (QED) is 0.631. The van der Waals surface area contributed by atoms with Crippen LogP contribution in [-0.2, 0) is 6.42 Å². The molecule has 110 valence electrons. The second kappa shape index (κ2) is 6.48. The van der Waals surface area contributed by atoms with Gasteiger partial charge >= 0.3 is 5.97 Å². The number of carbonyl (C=O) groups excluding carboxylic acids is 1. The van der Waals surface area contributed by atoms with Gasteiger partial charge in [-0.05, 0) is 55.7 Å². The molecule has 2 rings (SSSR count). The first kappa shape index (κ1) is 15.2. The molecule has 4 heteroatoms. The first-order valence-corrected chi connectivity index (χ1v) is 6.90. The van der Waals surface area contributed by atoms with Gasteiger partial charge in [0.2, 0.25) is 0 Å². The molecule has 0 fully saturated rings. The number of carbonyl (C=O) groups is 1. The molecule has 0 aliphatic heterocycles. The van der Waals surface area contributed by atoms with Crippen LogP contribution in [0.3, 0.4) is 0 Å². The van der Waals surface area contributed by atoms with Gasteiger partial charge in [0, 0.05) is 5.69 Å². The molecule has 3 nitrogen and oxygen atoms in total. The summed E-state index contributed by atoms with van der Waals surface area (Å²) < 4.78 is 18.0. The number of pyridine rings is 1. The molecule has 0 amide bonds. The van der Waals surface area contributed by atoms with Gasteiger partial charge in [0.25, 0.3) is 0 Å². The Hall–Kier alpha value is -2.23. The summed E-state index contributed by atoms with van der Waals surface area (Å²) in [5, 5.41) is 0. The van der Waals surface area contributed by atoms with Crippen LogP contribution in [0.25, 0.3) is 0 Å². The third-order valence-corrected chi connectivity index (χ3v) is 3.00. The third-order valence-electron chi connectivity index (χ3n) is 3.00. The largest absolute Gasteiger partial charge is 0.423 e. The molecular weight excluding hydrogens is 269 g/mol. The molecule has 0 N–H and O–H groups in total. The van der Waals surface area contributed by atoms with Crippen molar-refractivity contribution in [2.24, 2.45) is 5.92 Å². The number of ether oxygens (including phenoxy) is 1. The fourth-order valence-corrected chi connectivity index (χ4v) is 2.03. The molecule has 21 heavy (non-hydrogen) atoms. The number of benzene rings is 1. The Balaban J connectivity index is 2.13. The molecule has 1 heterocycles. The zero-order valence-electron chi connectivity index (χ0n) is 12.4. The van der Waals surface area contributed by atoms with Crippen molar-refractivity contribution in [2.45, 2.75) is 27.2 Å². The normalized spacial score (nSPS) is 10.7. The summed E-state index contributed by atoms with van der Waals surface area (Å²) in [5.74, 6) is -0.0330. The minimum atomic E-state index is -0.484. The van der Waals surface area contributed by atoms with E-state index in [2.05, 4.69) is 18.8 Å². The minimum absolute atomic E-state index is 0.312. The number of hydrogen-bond donors (Lipinski definition) is 0. The Labute approximate surface area is 123 Å². The lowest BCUT2D eigenvalue weighted by Gasteiger charge is -2.09. The summed E-state index contributed by atoms with van der Waals surface area (Å²) in [5.41, 5.74) is 2.02. The van der Waals surface area contributed by atoms with Crippen molar-refractivity contribution in [3.63, 3.8) is 0 Å². The number of aromatic nitrogens is 1. The van der Waals surface area contributed by atoms with Crippen LogP contribution in [0.4, 0.5) is 4.39 Å². The molecule has 0 bridgehead atoms. The van der Waals surface area contributed by atoms with E-state index in [0.717, 1.165) is 12.1 Å². The van der Waals surface area contributed by atoms with E-state index in [1.807, 2.05) is 6.07 Å². The average molecular weight is 287 g/mol. The first-order valence-electron chi connectivity index (χ1n) is 6.90. The maximum absolute atomic E-state index is 12.8. The molecule has 0 unspecified atom stereocenters. The molecule has 0 saturated carbocycles. The Morgan fingerprint density at radius 2 is 1.86 bits per heavy atom. The van der Waals surface area contributed by atoms with Crippen LogP contribution in [0.15, 0.2) is 36.4 Å². The number of hydrogen-bond acceptors (Lipinski definition) is 3. The van der Waals surface area contributed by atoms with Gasteiger partial charge in [0.15, 0.2) is 0 Å². The van der Waals surface area contributed by atoms with Crippen molar-refractivity contribution in [3.8, 4) is 5.75 Å². The van der Waals surface area contributed by atoms with Crippen molar-refractivity contribution < 1.29 is 13.9 Å². The minimum Gasteiger partial charge on any atom is -0.423 e. The molecule has 0 saturated heterocycles. The van der Waals surface area contributed by atoms with Gasteiger partial charge < -0.3 is 4.74 Å². The maximum atomic E-state index is 12.8. The fourth-order valence-electron chi connectivity index (χ4n) is 2.03. The van der Waals surface area contributed by atoms with Crippen LogP contribution in [0.1, 0.15) is 35.6 Å². The van der Waals surface area contributed by atoms with Crippen LogP contribution in [-0.4, -0.2) is 11.0 Å². The van der Waals surface area contributed by atoms with Gasteiger partial charge in [0.05, 0.1) is 11.3 Å². The van der Waals surface area contributed by atoms with E-state index >= 15 is 0 Å². The second-order valence-corrected chi connectivity index (χ2v) is 5.38. The summed E-state index contributed by atoms with van der Waals surface area (Å²) in [6, 6.07) is 8.91. The molecule has 0 spiro atoms. The number of aryl methyl sites for hydroxylation is 1. The molecule has 0 radical (unpaired) electrons. The molecule has 2 aromatic rings. The van der Waals surface area contributed by atoms with E-state index in [-0.39, 0.29) is 5.82 Å². The highest BCUT2D eigenvalue weighted by Crippen LogP contribution is 2.16. The highest BCUT2D eigenvalue weighted by molar-refractivity contribution is 5.92. The molecule has 0 aliphatic rings. The maximum Gasteiger partial charge on any atom is 0.345 e. The second-order valence-electron chi connectivity index (χ2n) is 5.38. The highest BCUT2D eigenvalue weighted by atomic mass is 19.1. The van der Waals surface area contributed by atoms with E-state index in [1.165, 1.54) is 24.3 Å². The van der Waals surface area contributed by atoms with Crippen LogP contribution in [0, 0.1) is 18.7 Å². The van der Waals surface area contributed by atoms with Crippen molar-refractivity contribution in [3.05, 3.63) is 59.2 Å². The standard InChI is InChI=1S/C17H18FNO2/c1-11(2)10-14-6-9-16(12(3)19-14)17(20)21-15-7-4-13(18)5-8-15/h4-9,11H,10H2,1-3H3. The van der Waals surface area contributed by atoms with E-state index in [9.17, 15) is 9.18 Å². The zero-order valence-corrected chi connectivity index (χ0v) is 12.4. The summed E-state index contributed by atoms with van der Waals surface area (Å²) in [4.78, 5) is 16.5. The van der Waals surface area contributed by atoms with Crippen LogP contribution >= 0.6 is 0 Å². The SMILES string of the molecule is Cc1nc(CC(C)C)ccc1C(=O)Oc1ccc(F)cc1. The smallest absolute Gasteiger partial charge is 0.345 e. The fraction of sp³-hybridized carbons (Fsp3) is 0.294. The lowest BCUT2D eigenvalue weighted by molar-refractivity contribution is 0.0733. The van der Waals surface area contributed by atoms with Gasteiger partial charge in [-0.2, -0.15) is 0 Å². The van der Waals surface area contributed by atoms with Crippen molar-refractivity contribution in [1.82, 2.24) is 4.98 Å². The van der Waals surface area contributed by atoms with Gasteiger partial charge in [0.1, 0.15) is 11.6 Å². The third kappa shape index (κ3) is 4.12. The van der Waals surface area contributed by atoms with E-state index in [4.69, 9.17) is 4.74 Å². The lowest BCUT2D eigenvalue weighted by atomic mass is 10.1. The Morgan fingerprint density at radius 3 is 2.43 bits per heavy atom. The van der Waals surface area contributed by atoms with E-state index < -0.39 is 5.97 Å². The zero-order chi connectivity index (χ0) is 15.4. The molecule has 0 aliphatic carbocycles. The number of halogens is 1. The summed E-state index contributed by atoms with van der Waals surface area (Å²) in [6.07, 6.45) is 0.869. The average Bonchev–Trinajstić information content (AvgIpc) is 2.40.